The van der Waals surface area contributed by atoms with Gasteiger partial charge in [0.25, 0.3) is 17.9 Å². The van der Waals surface area contributed by atoms with E-state index < -0.39 is 87.7 Å². The van der Waals surface area contributed by atoms with Gasteiger partial charge in [-0.1, -0.05) is 29.9 Å². The van der Waals surface area contributed by atoms with Gasteiger partial charge in [-0.3, -0.25) is 29.5 Å². The number of hydrogen-bond donors (Lipinski definition) is 6. The predicted molar refractivity (Wildman–Crippen MR) is 234 cm³/mol. The molecule has 360 valence electrons. The van der Waals surface area contributed by atoms with Crippen LogP contribution < -0.4 is 26.0 Å². The number of carboxylic acids is 1. The Labute approximate surface area is 382 Å². The Morgan fingerprint density at radius 2 is 1.67 bits per heavy atom. The number of aryl methyl sites for hydroxylation is 1. The van der Waals surface area contributed by atoms with Gasteiger partial charge in [0, 0.05) is 30.2 Å². The number of hydrogen-bond acceptors (Lipinski definition) is 18. The maximum absolute atomic E-state index is 13.7. The number of oxime groups is 1. The van der Waals surface area contributed by atoms with Gasteiger partial charge in [0.1, 0.15) is 41.9 Å². The Balaban J connectivity index is 1.51. The number of hydroxylamine groups is 2. The number of nitrogens with one attached hydrogen (secondary N) is 4. The summed E-state index contributed by atoms with van der Waals surface area (Å²) in [6.45, 7) is 16.2. The van der Waals surface area contributed by atoms with E-state index in [-0.39, 0.29) is 35.5 Å². The van der Waals surface area contributed by atoms with Crippen LogP contribution in [0.3, 0.4) is 0 Å². The molecular formula is C39H51N9O16S2. The van der Waals surface area contributed by atoms with Crippen LogP contribution in [0.5, 0.6) is 5.75 Å². The van der Waals surface area contributed by atoms with E-state index >= 15 is 0 Å². The fourth-order valence-corrected chi connectivity index (χ4v) is 6.61. The molecule has 5 amide bonds. The van der Waals surface area contributed by atoms with Gasteiger partial charge in [-0.2, -0.15) is 18.6 Å². The number of ether oxygens (including phenoxy) is 4. The van der Waals surface area contributed by atoms with Crippen LogP contribution in [-0.2, 0) is 54.7 Å². The Hall–Kier alpha value is -6.84. The second-order valence-corrected chi connectivity index (χ2v) is 18.4. The number of rotatable bonds is 20. The summed E-state index contributed by atoms with van der Waals surface area (Å²) in [5, 5.41) is 29.8. The molecule has 0 bridgehead atoms. The van der Waals surface area contributed by atoms with Crippen LogP contribution in [0.25, 0.3) is 11.1 Å². The maximum atomic E-state index is 13.7. The smallest absolute Gasteiger partial charge is 0.418 e. The lowest BCUT2D eigenvalue weighted by Crippen LogP contribution is -2.76. The van der Waals surface area contributed by atoms with Crippen molar-refractivity contribution in [1.82, 2.24) is 30.5 Å². The predicted octanol–water partition coefficient (Wildman–Crippen LogP) is 4.10. The SMILES string of the molecule is C=CCOC(=O)Nc1nn(CCCNC(=O)OC(C)(C)C)cc1-c1ccc(OC[C@H](O/N=C(\C(=O)N[C@@H]2C(=O)N(OS(=O)(=O)O)C2(C)C)c2csc(NC(=O)OC(C)(C)C)n2)C(=O)O)cc1. The number of carbonyl (C=O) groups is 6. The number of aromatic nitrogens is 3. The largest absolute Gasteiger partial charge is 0.489 e. The van der Waals surface area contributed by atoms with Crippen molar-refractivity contribution in [3.8, 4) is 16.9 Å². The van der Waals surface area contributed by atoms with E-state index in [0.717, 1.165) is 11.3 Å². The number of benzene rings is 1. The Morgan fingerprint density at radius 1 is 1.02 bits per heavy atom. The summed E-state index contributed by atoms with van der Waals surface area (Å²) in [5.41, 5.74) is -2.96. The summed E-state index contributed by atoms with van der Waals surface area (Å²) in [5.74, 6) is -3.47. The highest BCUT2D eigenvalue weighted by molar-refractivity contribution is 7.80. The minimum absolute atomic E-state index is 0.0548. The monoisotopic (exact) mass is 965 g/mol. The zero-order valence-electron chi connectivity index (χ0n) is 37.1. The third kappa shape index (κ3) is 15.4. The Bertz CT molecular complexity index is 2420. The highest BCUT2D eigenvalue weighted by Gasteiger charge is 2.58. The number of nitrogens with zero attached hydrogens (tertiary/aromatic N) is 5. The quantitative estimate of drug-likeness (QED) is 0.0177. The van der Waals surface area contributed by atoms with Crippen LogP contribution in [-0.4, -0.2) is 128 Å². The van der Waals surface area contributed by atoms with Crippen LogP contribution in [0, 0.1) is 0 Å². The van der Waals surface area contributed by atoms with E-state index in [1.54, 1.807) is 64.6 Å². The molecule has 2 atom stereocenters. The van der Waals surface area contributed by atoms with Crippen molar-refractivity contribution in [2.45, 2.75) is 97.2 Å². The van der Waals surface area contributed by atoms with Crippen molar-refractivity contribution in [1.29, 1.82) is 0 Å². The molecule has 3 aromatic rings. The molecule has 6 N–H and O–H groups in total. The Morgan fingerprint density at radius 3 is 2.26 bits per heavy atom. The number of carboxylic acid groups (broad SMARTS) is 1. The zero-order valence-corrected chi connectivity index (χ0v) is 38.7. The summed E-state index contributed by atoms with van der Waals surface area (Å²) < 4.78 is 58.8. The fourth-order valence-electron chi connectivity index (χ4n) is 5.47. The topological polar surface area (TPSA) is 327 Å². The van der Waals surface area contributed by atoms with Gasteiger partial charge >= 0.3 is 34.6 Å². The lowest BCUT2D eigenvalue weighted by atomic mass is 9.84. The molecule has 1 aliphatic rings. The van der Waals surface area contributed by atoms with Crippen molar-refractivity contribution in [3.05, 3.63) is 54.2 Å². The van der Waals surface area contributed by atoms with Crippen molar-refractivity contribution in [3.63, 3.8) is 0 Å². The van der Waals surface area contributed by atoms with E-state index in [1.165, 1.54) is 37.4 Å². The number of carbonyl (C=O) groups excluding carboxylic acids is 5. The van der Waals surface area contributed by atoms with Crippen LogP contribution in [0.4, 0.5) is 25.3 Å². The standard InChI is InChI=1S/C39H51N9O16S2/c1-10-18-59-35(54)43-29-24(19-47(45-29)17-11-16-40-34(53)61-37(2,3)4)22-12-14-23(15-13-22)60-20-26(32(51)52)63-46-27(25-21-65-33(41-25)44-36(55)62-38(5,6)7)30(49)42-28-31(50)48(39(28,8)9)64-66(56,57)58/h10,12-15,19,21,26,28H,1,11,16-18,20H2,2-9H3,(H,40,53)(H,42,49)(H,51,52)(H,41,44,55)(H,43,45,54)(H,56,57,58)/b46-27-/t26-,28+/m0/s1. The number of thiazole rings is 1. The molecule has 27 heteroatoms. The third-order valence-electron chi connectivity index (χ3n) is 8.35. The van der Waals surface area contributed by atoms with E-state index in [9.17, 15) is 42.3 Å². The number of aliphatic carboxylic acids is 1. The first kappa shape index (κ1) is 51.8. The second-order valence-electron chi connectivity index (χ2n) is 16.5. The molecule has 1 aliphatic heterocycles. The minimum atomic E-state index is -5.11. The number of amides is 5. The molecule has 25 nitrogen and oxygen atoms in total. The van der Waals surface area contributed by atoms with E-state index in [1.807, 2.05) is 0 Å². The van der Waals surface area contributed by atoms with E-state index in [4.69, 9.17) is 28.3 Å². The summed E-state index contributed by atoms with van der Waals surface area (Å²) in [4.78, 5) is 85.1. The Kier molecular flexibility index (Phi) is 16.8. The third-order valence-corrected chi connectivity index (χ3v) is 9.45. The normalized spacial score (nSPS) is 15.3. The van der Waals surface area contributed by atoms with Gasteiger partial charge in [0.05, 0.1) is 5.54 Å². The molecule has 4 rings (SSSR count). The molecule has 1 aromatic carbocycles. The van der Waals surface area contributed by atoms with Gasteiger partial charge in [0.2, 0.25) is 0 Å². The molecular weight excluding hydrogens is 915 g/mol. The molecule has 66 heavy (non-hydrogen) atoms. The highest BCUT2D eigenvalue weighted by Crippen LogP contribution is 2.33. The molecule has 1 fully saturated rings. The van der Waals surface area contributed by atoms with Gasteiger partial charge < -0.3 is 39.5 Å². The molecule has 0 saturated carbocycles. The molecule has 0 spiro atoms. The van der Waals surface area contributed by atoms with Crippen molar-refractivity contribution < 1.29 is 74.9 Å². The lowest BCUT2D eigenvalue weighted by Gasteiger charge is -2.50. The van der Waals surface area contributed by atoms with Crippen LogP contribution >= 0.6 is 11.3 Å². The fraction of sp³-hybridized carbons (Fsp3) is 0.462. The number of anilines is 2. The summed E-state index contributed by atoms with van der Waals surface area (Å²) in [6.07, 6.45) is -0.579. The van der Waals surface area contributed by atoms with Crippen molar-refractivity contribution >= 4 is 74.5 Å². The molecule has 0 radical (unpaired) electrons. The van der Waals surface area contributed by atoms with Crippen LogP contribution in [0.1, 0.15) is 67.5 Å². The average Bonchev–Trinajstić information content (AvgIpc) is 3.82. The highest BCUT2D eigenvalue weighted by atomic mass is 32.3. The van der Waals surface area contributed by atoms with Crippen LogP contribution in [0.2, 0.25) is 0 Å². The summed E-state index contributed by atoms with van der Waals surface area (Å²) >= 11 is 0.834. The maximum Gasteiger partial charge on any atom is 0.418 e. The lowest BCUT2D eigenvalue weighted by molar-refractivity contribution is -0.218. The van der Waals surface area contributed by atoms with E-state index in [0.29, 0.717) is 29.2 Å². The number of β-lactam (4-membered cyclic amide) rings is 1. The summed E-state index contributed by atoms with van der Waals surface area (Å²) in [7, 11) is -5.11. The first-order chi connectivity index (χ1) is 30.7. The molecule has 0 aliphatic carbocycles. The van der Waals surface area contributed by atoms with Crippen LogP contribution in [0.15, 0.2) is 53.7 Å². The van der Waals surface area contributed by atoms with Gasteiger partial charge in [-0.05, 0) is 79.5 Å². The molecule has 1 saturated heterocycles. The van der Waals surface area contributed by atoms with Gasteiger partial charge in [0.15, 0.2) is 16.7 Å². The van der Waals surface area contributed by atoms with E-state index in [2.05, 4.69) is 47.4 Å². The van der Waals surface area contributed by atoms with Crippen molar-refractivity contribution in [2.75, 3.05) is 30.4 Å². The molecule has 2 aromatic heterocycles. The second kappa shape index (κ2) is 21.4. The first-order valence-electron chi connectivity index (χ1n) is 19.7. The average molecular weight is 966 g/mol. The van der Waals surface area contributed by atoms with Gasteiger partial charge in [-0.15, -0.1) is 15.6 Å². The zero-order chi connectivity index (χ0) is 49.2. The summed E-state index contributed by atoms with van der Waals surface area (Å²) in [6, 6.07) is 4.76. The van der Waals surface area contributed by atoms with Gasteiger partial charge in [-0.25, -0.2) is 24.2 Å². The molecule has 0 unspecified atom stereocenters. The molecule has 3 heterocycles. The number of alkyl carbamates (subject to hydrolysis) is 1. The first-order valence-corrected chi connectivity index (χ1v) is 22.0. The minimum Gasteiger partial charge on any atom is -0.489 e. The van der Waals surface area contributed by atoms with Crippen molar-refractivity contribution in [2.24, 2.45) is 5.16 Å².